The molecule has 20 heavy (non-hydrogen) atoms. The third kappa shape index (κ3) is 2.77. The zero-order valence-corrected chi connectivity index (χ0v) is 11.2. The van der Waals surface area contributed by atoms with E-state index < -0.39 is 0 Å². The number of aromatic nitrogens is 1. The van der Waals surface area contributed by atoms with Gasteiger partial charge in [-0.15, -0.1) is 0 Å². The number of benzene rings is 1. The van der Waals surface area contributed by atoms with E-state index >= 15 is 0 Å². The lowest BCUT2D eigenvalue weighted by Gasteiger charge is -2.13. The highest BCUT2D eigenvalue weighted by Crippen LogP contribution is 2.22. The van der Waals surface area contributed by atoms with Crippen LogP contribution in [0.2, 0.25) is 0 Å². The average molecular weight is 264 g/mol. The first-order valence-corrected chi connectivity index (χ1v) is 6.76. The van der Waals surface area contributed by atoms with E-state index in [1.54, 1.807) is 11.1 Å². The molecule has 0 atom stereocenters. The highest BCUT2D eigenvalue weighted by atomic mass is 16.2. The summed E-state index contributed by atoms with van der Waals surface area (Å²) in [5.74, 6) is 0.864. The smallest absolute Gasteiger partial charge is 0.232 e. The summed E-state index contributed by atoms with van der Waals surface area (Å²) < 4.78 is 0. The molecule has 2 heterocycles. The van der Waals surface area contributed by atoms with Crippen LogP contribution in [0.5, 0.6) is 0 Å². The first-order chi connectivity index (χ1) is 9.83. The van der Waals surface area contributed by atoms with E-state index in [2.05, 4.69) is 23.2 Å². The molecule has 0 N–H and O–H groups in total. The molecule has 0 spiro atoms. The Morgan fingerprint density at radius 2 is 1.90 bits per heavy atom. The Morgan fingerprint density at radius 3 is 2.65 bits per heavy atom. The minimum absolute atomic E-state index is 0.128. The zero-order chi connectivity index (χ0) is 13.8. The van der Waals surface area contributed by atoms with Gasteiger partial charge in [0.05, 0.1) is 0 Å². The largest absolute Gasteiger partial charge is 0.292 e. The predicted molar refractivity (Wildman–Crippen MR) is 79.4 cm³/mol. The summed E-state index contributed by atoms with van der Waals surface area (Å²) in [6, 6.07) is 15.9. The third-order valence-electron chi connectivity index (χ3n) is 3.44. The second-order valence-corrected chi connectivity index (χ2v) is 4.90. The van der Waals surface area contributed by atoms with E-state index in [9.17, 15) is 4.79 Å². The van der Waals surface area contributed by atoms with Crippen molar-refractivity contribution in [1.29, 1.82) is 0 Å². The Hall–Kier alpha value is -2.42. The molecule has 0 aliphatic carbocycles. The Morgan fingerprint density at radius 1 is 1.10 bits per heavy atom. The molecule has 1 fully saturated rings. The van der Waals surface area contributed by atoms with Crippen molar-refractivity contribution in [2.75, 3.05) is 11.4 Å². The van der Waals surface area contributed by atoms with Gasteiger partial charge < -0.3 is 0 Å². The molecule has 0 saturated carbocycles. The van der Waals surface area contributed by atoms with Crippen molar-refractivity contribution in [3.63, 3.8) is 0 Å². The third-order valence-corrected chi connectivity index (χ3v) is 3.44. The quantitative estimate of drug-likeness (QED) is 0.798. The Kier molecular flexibility index (Phi) is 3.59. The first-order valence-electron chi connectivity index (χ1n) is 6.76. The second kappa shape index (κ2) is 5.70. The molecule has 3 rings (SSSR count). The van der Waals surface area contributed by atoms with Gasteiger partial charge in [0.15, 0.2) is 0 Å². The number of hydrogen-bond acceptors (Lipinski definition) is 2. The standard InChI is InChI=1S/C17H16N2O/c20-17-12-15(10-9-14-6-2-1-3-7-14)13-19(17)16-8-4-5-11-18-16/h1-8,10-11H,9,12-13H2/b15-10+. The number of carbonyl (C=O) groups excluding carboxylic acids is 1. The molecule has 0 bridgehead atoms. The van der Waals surface area contributed by atoms with Crippen molar-refractivity contribution in [2.24, 2.45) is 0 Å². The van der Waals surface area contributed by atoms with E-state index in [1.807, 2.05) is 36.4 Å². The van der Waals surface area contributed by atoms with Gasteiger partial charge in [0.25, 0.3) is 0 Å². The Balaban J connectivity index is 1.71. The van der Waals surface area contributed by atoms with E-state index in [0.29, 0.717) is 13.0 Å². The number of hydrogen-bond donors (Lipinski definition) is 0. The zero-order valence-electron chi connectivity index (χ0n) is 11.2. The molecular formula is C17H16N2O. The summed E-state index contributed by atoms with van der Waals surface area (Å²) in [6.07, 6.45) is 5.26. The monoisotopic (exact) mass is 264 g/mol. The van der Waals surface area contributed by atoms with Gasteiger partial charge in [0.1, 0.15) is 5.82 Å². The van der Waals surface area contributed by atoms with Gasteiger partial charge in [0.2, 0.25) is 5.91 Å². The maximum Gasteiger partial charge on any atom is 0.232 e. The molecule has 1 aromatic carbocycles. The molecule has 3 heteroatoms. The maximum absolute atomic E-state index is 12.0. The van der Waals surface area contributed by atoms with Crippen LogP contribution in [0, 0.1) is 0 Å². The molecule has 100 valence electrons. The van der Waals surface area contributed by atoms with Crippen molar-refractivity contribution in [3.8, 4) is 0 Å². The Labute approximate surface area is 118 Å². The summed E-state index contributed by atoms with van der Waals surface area (Å²) in [5.41, 5.74) is 2.44. The van der Waals surface area contributed by atoms with Gasteiger partial charge in [-0.05, 0) is 29.7 Å². The number of amides is 1. The Bertz CT molecular complexity index is 620. The summed E-state index contributed by atoms with van der Waals surface area (Å²) in [4.78, 5) is 18.0. The van der Waals surface area contributed by atoms with E-state index in [-0.39, 0.29) is 5.91 Å². The van der Waals surface area contributed by atoms with Crippen LogP contribution in [0.25, 0.3) is 0 Å². The van der Waals surface area contributed by atoms with Crippen LogP contribution < -0.4 is 4.90 Å². The molecule has 3 nitrogen and oxygen atoms in total. The number of anilines is 1. The lowest BCUT2D eigenvalue weighted by Crippen LogP contribution is -2.24. The molecule has 1 aliphatic heterocycles. The topological polar surface area (TPSA) is 33.2 Å². The highest BCUT2D eigenvalue weighted by molar-refractivity contribution is 5.97. The molecule has 1 aromatic heterocycles. The number of allylic oxidation sites excluding steroid dienone is 1. The van der Waals surface area contributed by atoms with Gasteiger partial charge >= 0.3 is 0 Å². The van der Waals surface area contributed by atoms with Crippen LogP contribution in [-0.4, -0.2) is 17.4 Å². The SMILES string of the molecule is O=C1C/C(=C\Cc2ccccc2)CN1c1ccccn1. The van der Waals surface area contributed by atoms with Crippen molar-refractivity contribution < 1.29 is 4.79 Å². The fourth-order valence-corrected chi connectivity index (χ4v) is 2.37. The van der Waals surface area contributed by atoms with Crippen LogP contribution in [0.3, 0.4) is 0 Å². The molecule has 2 aromatic rings. The van der Waals surface area contributed by atoms with Gasteiger partial charge in [0, 0.05) is 19.2 Å². The lowest BCUT2D eigenvalue weighted by atomic mass is 10.1. The molecule has 0 unspecified atom stereocenters. The lowest BCUT2D eigenvalue weighted by molar-refractivity contribution is -0.116. The molecule has 1 aliphatic rings. The van der Waals surface area contributed by atoms with Crippen LogP contribution in [0.15, 0.2) is 66.4 Å². The molecule has 1 saturated heterocycles. The first kappa shape index (κ1) is 12.6. The number of carbonyl (C=O) groups is 1. The summed E-state index contributed by atoms with van der Waals surface area (Å²) in [6.45, 7) is 0.655. The molecule has 1 amide bonds. The van der Waals surface area contributed by atoms with Gasteiger partial charge in [-0.3, -0.25) is 9.69 Å². The summed E-state index contributed by atoms with van der Waals surface area (Å²) in [5, 5.41) is 0. The fraction of sp³-hybridized carbons (Fsp3) is 0.176. The summed E-state index contributed by atoms with van der Waals surface area (Å²) in [7, 11) is 0. The molecule has 0 radical (unpaired) electrons. The van der Waals surface area contributed by atoms with Crippen molar-refractivity contribution in [2.45, 2.75) is 12.8 Å². The predicted octanol–water partition coefficient (Wildman–Crippen LogP) is 2.99. The summed E-state index contributed by atoms with van der Waals surface area (Å²) >= 11 is 0. The van der Waals surface area contributed by atoms with Gasteiger partial charge in [-0.2, -0.15) is 0 Å². The van der Waals surface area contributed by atoms with Crippen LogP contribution in [0.1, 0.15) is 12.0 Å². The van der Waals surface area contributed by atoms with Crippen molar-refractivity contribution in [1.82, 2.24) is 4.98 Å². The van der Waals surface area contributed by atoms with Crippen molar-refractivity contribution in [3.05, 3.63) is 71.9 Å². The van der Waals surface area contributed by atoms with Crippen LogP contribution >= 0.6 is 0 Å². The van der Waals surface area contributed by atoms with Gasteiger partial charge in [-0.1, -0.05) is 42.5 Å². The second-order valence-electron chi connectivity index (χ2n) is 4.90. The van der Waals surface area contributed by atoms with Crippen LogP contribution in [-0.2, 0) is 11.2 Å². The van der Waals surface area contributed by atoms with E-state index in [4.69, 9.17) is 0 Å². The molecular weight excluding hydrogens is 248 g/mol. The highest BCUT2D eigenvalue weighted by Gasteiger charge is 2.26. The minimum Gasteiger partial charge on any atom is -0.292 e. The van der Waals surface area contributed by atoms with E-state index in [1.165, 1.54) is 11.1 Å². The van der Waals surface area contributed by atoms with Crippen molar-refractivity contribution >= 4 is 11.7 Å². The van der Waals surface area contributed by atoms with E-state index in [0.717, 1.165) is 12.2 Å². The van der Waals surface area contributed by atoms with Gasteiger partial charge in [-0.25, -0.2) is 4.98 Å². The number of rotatable bonds is 3. The van der Waals surface area contributed by atoms with Crippen LogP contribution in [0.4, 0.5) is 5.82 Å². The normalized spacial score (nSPS) is 16.9. The number of nitrogens with zero attached hydrogens (tertiary/aromatic N) is 2. The number of pyridine rings is 1. The average Bonchev–Trinajstić information content (AvgIpc) is 2.88. The fourth-order valence-electron chi connectivity index (χ4n) is 2.37. The minimum atomic E-state index is 0.128. The maximum atomic E-state index is 12.0.